The number of hydrogen-bond donors (Lipinski definition) is 0. The Labute approximate surface area is 236 Å². The van der Waals surface area contributed by atoms with Crippen molar-refractivity contribution in [3.05, 3.63) is 62.3 Å². The minimum absolute atomic E-state index is 0.00482. The third kappa shape index (κ3) is 5.31. The molecular weight excluding hydrogens is 531 g/mol. The van der Waals surface area contributed by atoms with Gasteiger partial charge in [-0.2, -0.15) is 14.9 Å². The molecule has 3 aromatic rings. The fourth-order valence-electron chi connectivity index (χ4n) is 6.07. The second-order valence-corrected chi connectivity index (χ2v) is 12.6. The molecule has 1 saturated carbocycles. The molecular formula is C30H33FN4O4S. The predicted octanol–water partition coefficient (Wildman–Crippen LogP) is 4.89. The van der Waals surface area contributed by atoms with E-state index in [9.17, 15) is 24.0 Å². The lowest BCUT2D eigenvalue weighted by Gasteiger charge is -2.43. The highest BCUT2D eigenvalue weighted by Crippen LogP contribution is 2.45. The summed E-state index contributed by atoms with van der Waals surface area (Å²) < 4.78 is 22.3. The smallest absolute Gasteiger partial charge is 0.317 e. The van der Waals surface area contributed by atoms with E-state index in [1.807, 2.05) is 6.92 Å². The summed E-state index contributed by atoms with van der Waals surface area (Å²) in [6, 6.07) is 8.35. The lowest BCUT2D eigenvalue weighted by molar-refractivity contribution is -0.185. The molecule has 8 nitrogen and oxygen atoms in total. The van der Waals surface area contributed by atoms with Crippen LogP contribution in [0.1, 0.15) is 81.1 Å². The van der Waals surface area contributed by atoms with Gasteiger partial charge in [0.15, 0.2) is 5.78 Å². The Morgan fingerprint density at radius 3 is 2.62 bits per heavy atom. The zero-order chi connectivity index (χ0) is 28.7. The lowest BCUT2D eigenvalue weighted by Crippen LogP contribution is -2.52. The number of aromatic nitrogens is 3. The normalized spacial score (nSPS) is 22.0. The number of ketones is 1. The number of nitrogens with zero attached hydrogens (tertiary/aromatic N) is 4. The first-order valence-corrected chi connectivity index (χ1v) is 14.7. The topological polar surface area (TPSA) is 114 Å². The van der Waals surface area contributed by atoms with Gasteiger partial charge in [0.05, 0.1) is 17.2 Å². The van der Waals surface area contributed by atoms with Gasteiger partial charge in [-0.1, -0.05) is 43.2 Å². The van der Waals surface area contributed by atoms with Gasteiger partial charge in [-0.05, 0) is 63.5 Å². The molecule has 2 aliphatic rings. The molecule has 40 heavy (non-hydrogen) atoms. The molecule has 1 aliphatic heterocycles. The summed E-state index contributed by atoms with van der Waals surface area (Å²) in [5, 5.41) is 14.4. The van der Waals surface area contributed by atoms with Gasteiger partial charge < -0.3 is 4.74 Å². The van der Waals surface area contributed by atoms with Crippen molar-refractivity contribution in [1.29, 1.82) is 5.26 Å². The quantitative estimate of drug-likeness (QED) is 0.283. The monoisotopic (exact) mass is 564 g/mol. The van der Waals surface area contributed by atoms with Crippen LogP contribution in [0.3, 0.4) is 0 Å². The summed E-state index contributed by atoms with van der Waals surface area (Å²) >= 11 is 1.31. The number of fused-ring (bicyclic) bond motifs is 1. The van der Waals surface area contributed by atoms with E-state index in [0.29, 0.717) is 35.5 Å². The Kier molecular flexibility index (Phi) is 7.62. The molecule has 0 spiro atoms. The van der Waals surface area contributed by atoms with Crippen molar-refractivity contribution in [1.82, 2.24) is 14.6 Å². The molecule has 1 aromatic carbocycles. The van der Waals surface area contributed by atoms with Crippen LogP contribution in [0.5, 0.6) is 0 Å². The van der Waals surface area contributed by atoms with E-state index in [-0.39, 0.29) is 30.1 Å². The summed E-state index contributed by atoms with van der Waals surface area (Å²) in [7, 11) is 0. The summed E-state index contributed by atoms with van der Waals surface area (Å²) in [6.45, 7) is 5.29. The number of nitriles is 1. The Bertz CT molecular complexity index is 1550. The number of halogens is 1. The van der Waals surface area contributed by atoms with Crippen molar-refractivity contribution in [3.63, 3.8) is 0 Å². The van der Waals surface area contributed by atoms with E-state index in [4.69, 9.17) is 4.74 Å². The van der Waals surface area contributed by atoms with Gasteiger partial charge in [0.1, 0.15) is 22.3 Å². The van der Waals surface area contributed by atoms with Crippen LogP contribution in [-0.4, -0.2) is 32.0 Å². The standard InChI is InChI=1S/C30H33FN4O4S/c1-4-25-34-35-26(37)15-20(33-28(35)40-25)14-21-24(36)16-30(39-27(21)38,19-7-5-6-8-19)12-11-18-9-10-22(23(31)13-18)29(2,3)17-32/h9-10,13,15,19,21H,4-8,11-12,14,16H2,1-3H3. The maximum Gasteiger partial charge on any atom is 0.317 e. The second kappa shape index (κ2) is 10.8. The minimum atomic E-state index is -1.02. The summed E-state index contributed by atoms with van der Waals surface area (Å²) in [5.41, 5.74) is -0.793. The highest BCUT2D eigenvalue weighted by molar-refractivity contribution is 7.16. The van der Waals surface area contributed by atoms with E-state index in [1.165, 1.54) is 28.0 Å². The third-order valence-corrected chi connectivity index (χ3v) is 9.48. The van der Waals surface area contributed by atoms with E-state index in [0.717, 1.165) is 36.3 Å². The number of Topliss-reactive ketones (excluding diaryl/α,β-unsaturated/α-hetero) is 1. The van der Waals surface area contributed by atoms with Crippen LogP contribution in [0.15, 0.2) is 29.1 Å². The van der Waals surface area contributed by atoms with E-state index in [2.05, 4.69) is 16.2 Å². The van der Waals surface area contributed by atoms with Crippen molar-refractivity contribution < 1.29 is 18.7 Å². The van der Waals surface area contributed by atoms with Crippen LogP contribution in [0.25, 0.3) is 4.96 Å². The van der Waals surface area contributed by atoms with E-state index < -0.39 is 28.7 Å². The van der Waals surface area contributed by atoms with Crippen LogP contribution in [0.2, 0.25) is 0 Å². The number of cyclic esters (lactones) is 1. The first-order chi connectivity index (χ1) is 19.0. The highest BCUT2D eigenvalue weighted by Gasteiger charge is 2.51. The Hall–Kier alpha value is -3.45. The number of ether oxygens (including phenoxy) is 1. The Morgan fingerprint density at radius 1 is 1.23 bits per heavy atom. The zero-order valence-electron chi connectivity index (χ0n) is 23.0. The van der Waals surface area contributed by atoms with Gasteiger partial charge in [0, 0.05) is 24.5 Å². The first-order valence-electron chi connectivity index (χ1n) is 13.9. The second-order valence-electron chi connectivity index (χ2n) is 11.5. The molecule has 3 heterocycles. The summed E-state index contributed by atoms with van der Waals surface area (Å²) in [6.07, 6.45) is 5.38. The van der Waals surface area contributed by atoms with Gasteiger partial charge in [-0.15, -0.1) is 0 Å². The maximum atomic E-state index is 14.9. The molecule has 1 aliphatic carbocycles. The molecule has 2 aromatic heterocycles. The van der Waals surface area contributed by atoms with Crippen molar-refractivity contribution >= 4 is 28.1 Å². The van der Waals surface area contributed by atoms with Crippen LogP contribution >= 0.6 is 11.3 Å². The molecule has 0 N–H and O–H groups in total. The van der Waals surface area contributed by atoms with Gasteiger partial charge in [0.25, 0.3) is 5.56 Å². The fraction of sp³-hybridized carbons (Fsp3) is 0.533. The molecule has 10 heteroatoms. The van der Waals surface area contributed by atoms with E-state index >= 15 is 0 Å². The van der Waals surface area contributed by atoms with Gasteiger partial charge in [-0.25, -0.2) is 9.37 Å². The Balaban J connectivity index is 1.35. The molecule has 5 rings (SSSR count). The molecule has 0 amide bonds. The number of carbonyl (C=O) groups is 2. The largest absolute Gasteiger partial charge is 0.458 e. The molecule has 210 valence electrons. The Morgan fingerprint density at radius 2 is 1.98 bits per heavy atom. The van der Waals surface area contributed by atoms with Crippen LogP contribution in [-0.2, 0) is 39.0 Å². The minimum Gasteiger partial charge on any atom is -0.458 e. The summed E-state index contributed by atoms with van der Waals surface area (Å²) in [5.74, 6) is -2.19. The maximum absolute atomic E-state index is 14.9. The van der Waals surface area contributed by atoms with Gasteiger partial charge >= 0.3 is 5.97 Å². The SMILES string of the molecule is CCc1nn2c(=O)cc(CC3C(=O)CC(CCc4ccc(C(C)(C)C#N)c(F)c4)(C4CCCC4)OC3=O)nc2s1. The third-order valence-electron chi connectivity index (χ3n) is 8.43. The van der Waals surface area contributed by atoms with Crippen LogP contribution < -0.4 is 5.56 Å². The van der Waals surface area contributed by atoms with Gasteiger partial charge in [-0.3, -0.25) is 14.4 Å². The molecule has 0 bridgehead atoms. The summed E-state index contributed by atoms with van der Waals surface area (Å²) in [4.78, 5) is 44.4. The number of carbonyl (C=O) groups excluding carboxylic acids is 2. The van der Waals surface area contributed by atoms with Crippen molar-refractivity contribution in [2.45, 2.75) is 89.6 Å². The lowest BCUT2D eigenvalue weighted by atomic mass is 9.73. The number of benzene rings is 1. The highest BCUT2D eigenvalue weighted by atomic mass is 32.1. The zero-order valence-corrected chi connectivity index (χ0v) is 23.9. The predicted molar refractivity (Wildman–Crippen MR) is 147 cm³/mol. The molecule has 2 unspecified atom stereocenters. The van der Waals surface area contributed by atoms with Crippen molar-refractivity contribution in [2.24, 2.45) is 11.8 Å². The average molecular weight is 565 g/mol. The van der Waals surface area contributed by atoms with Crippen LogP contribution in [0, 0.1) is 29.0 Å². The van der Waals surface area contributed by atoms with Gasteiger partial charge in [0.2, 0.25) is 4.96 Å². The average Bonchev–Trinajstić information content (AvgIpc) is 3.60. The molecule has 1 saturated heterocycles. The first kappa shape index (κ1) is 28.1. The van der Waals surface area contributed by atoms with Crippen molar-refractivity contribution in [2.75, 3.05) is 0 Å². The number of aryl methyl sites for hydroxylation is 2. The number of esters is 1. The van der Waals surface area contributed by atoms with E-state index in [1.54, 1.807) is 26.0 Å². The molecule has 2 atom stereocenters. The number of rotatable bonds is 8. The van der Waals surface area contributed by atoms with Crippen LogP contribution in [0.4, 0.5) is 4.39 Å². The molecule has 2 fully saturated rings. The fourth-order valence-corrected chi connectivity index (χ4v) is 6.92. The molecule has 0 radical (unpaired) electrons. The number of hydrogen-bond acceptors (Lipinski definition) is 8. The van der Waals surface area contributed by atoms with Crippen molar-refractivity contribution in [3.8, 4) is 6.07 Å².